The molecule has 1 saturated carbocycles. The normalized spacial score (nSPS) is 14.0. The van der Waals surface area contributed by atoms with Gasteiger partial charge in [-0.25, -0.2) is 0 Å². The number of aromatic amines is 1. The van der Waals surface area contributed by atoms with Crippen LogP contribution in [-0.4, -0.2) is 21.0 Å². The van der Waals surface area contributed by atoms with Gasteiger partial charge in [-0.1, -0.05) is 6.07 Å². The average molecular weight is 286 g/mol. The summed E-state index contributed by atoms with van der Waals surface area (Å²) in [6.45, 7) is 1.61. The number of benzene rings is 1. The second kappa shape index (κ2) is 5.01. The van der Waals surface area contributed by atoms with E-state index in [2.05, 4.69) is 15.5 Å². The third-order valence-corrected chi connectivity index (χ3v) is 3.60. The molecule has 1 aromatic carbocycles. The molecule has 1 aliphatic carbocycles. The molecule has 2 aromatic rings. The molecule has 0 aliphatic heterocycles. The molecule has 7 nitrogen and oxygen atoms in total. The van der Waals surface area contributed by atoms with Gasteiger partial charge in [0.2, 0.25) is 0 Å². The summed E-state index contributed by atoms with van der Waals surface area (Å²) in [7, 11) is 0. The molecule has 1 aliphatic rings. The number of amides is 1. The van der Waals surface area contributed by atoms with E-state index in [-0.39, 0.29) is 11.6 Å². The molecule has 108 valence electrons. The number of nitro groups is 1. The van der Waals surface area contributed by atoms with Crippen LogP contribution in [0.1, 0.15) is 40.5 Å². The van der Waals surface area contributed by atoms with E-state index in [1.807, 2.05) is 0 Å². The summed E-state index contributed by atoms with van der Waals surface area (Å²) in [4.78, 5) is 22.6. The van der Waals surface area contributed by atoms with Crippen LogP contribution < -0.4 is 5.32 Å². The first kappa shape index (κ1) is 13.3. The van der Waals surface area contributed by atoms with Gasteiger partial charge in [0.15, 0.2) is 5.69 Å². The SMILES string of the molecule is Cc1c(NC(=O)c2cc(C3CC3)[nH]n2)cccc1[N+](=O)[O-]. The number of nitro benzene ring substituents is 1. The van der Waals surface area contributed by atoms with Gasteiger partial charge in [-0.2, -0.15) is 5.10 Å². The van der Waals surface area contributed by atoms with Crippen molar-refractivity contribution in [3.8, 4) is 0 Å². The van der Waals surface area contributed by atoms with Crippen molar-refractivity contribution < 1.29 is 9.72 Å². The van der Waals surface area contributed by atoms with Gasteiger partial charge in [0, 0.05) is 17.7 Å². The van der Waals surface area contributed by atoms with Crippen molar-refractivity contribution in [2.24, 2.45) is 0 Å². The number of carbonyl (C=O) groups excluding carboxylic acids is 1. The number of anilines is 1. The molecule has 0 bridgehead atoms. The molecule has 1 heterocycles. The first-order chi connectivity index (χ1) is 10.1. The molecular formula is C14H14N4O3. The van der Waals surface area contributed by atoms with Crippen LogP contribution in [0.2, 0.25) is 0 Å². The lowest BCUT2D eigenvalue weighted by molar-refractivity contribution is -0.385. The van der Waals surface area contributed by atoms with Crippen molar-refractivity contribution in [1.29, 1.82) is 0 Å². The van der Waals surface area contributed by atoms with E-state index < -0.39 is 4.92 Å². The van der Waals surface area contributed by atoms with Gasteiger partial charge in [0.25, 0.3) is 11.6 Å². The standard InChI is InChI=1S/C14H14N4O3/c1-8-10(3-2-4-13(8)18(20)21)15-14(19)12-7-11(16-17-12)9-5-6-9/h2-4,7,9H,5-6H2,1H3,(H,15,19)(H,16,17). The van der Waals surface area contributed by atoms with E-state index in [4.69, 9.17) is 0 Å². The second-order valence-corrected chi connectivity index (χ2v) is 5.14. The van der Waals surface area contributed by atoms with Crippen LogP contribution in [0.5, 0.6) is 0 Å². The zero-order valence-electron chi connectivity index (χ0n) is 11.4. The molecule has 0 radical (unpaired) electrons. The Morgan fingerprint density at radius 3 is 2.90 bits per heavy atom. The molecule has 1 amide bonds. The Hall–Kier alpha value is -2.70. The van der Waals surface area contributed by atoms with Crippen LogP contribution in [0.3, 0.4) is 0 Å². The van der Waals surface area contributed by atoms with Crippen molar-refractivity contribution in [3.63, 3.8) is 0 Å². The number of nitrogens with one attached hydrogen (secondary N) is 2. The highest BCUT2D eigenvalue weighted by atomic mass is 16.6. The quantitative estimate of drug-likeness (QED) is 0.666. The van der Waals surface area contributed by atoms with Crippen LogP contribution in [-0.2, 0) is 0 Å². The maximum Gasteiger partial charge on any atom is 0.276 e. The lowest BCUT2D eigenvalue weighted by Crippen LogP contribution is -2.13. The molecule has 2 N–H and O–H groups in total. The van der Waals surface area contributed by atoms with Crippen LogP contribution in [0, 0.1) is 17.0 Å². The largest absolute Gasteiger partial charge is 0.320 e. The molecule has 1 aromatic heterocycles. The first-order valence-electron chi connectivity index (χ1n) is 6.67. The Morgan fingerprint density at radius 2 is 2.24 bits per heavy atom. The minimum absolute atomic E-state index is 0.0199. The van der Waals surface area contributed by atoms with Crippen LogP contribution in [0.25, 0.3) is 0 Å². The van der Waals surface area contributed by atoms with Crippen molar-refractivity contribution in [2.45, 2.75) is 25.7 Å². The van der Waals surface area contributed by atoms with E-state index in [9.17, 15) is 14.9 Å². The van der Waals surface area contributed by atoms with E-state index >= 15 is 0 Å². The fraction of sp³-hybridized carbons (Fsp3) is 0.286. The maximum absolute atomic E-state index is 12.1. The molecular weight excluding hydrogens is 272 g/mol. The van der Waals surface area contributed by atoms with Gasteiger partial charge in [-0.3, -0.25) is 20.0 Å². The van der Waals surface area contributed by atoms with Crippen molar-refractivity contribution in [1.82, 2.24) is 10.2 Å². The monoisotopic (exact) mass is 286 g/mol. The average Bonchev–Trinajstić information content (AvgIpc) is 3.18. The van der Waals surface area contributed by atoms with Gasteiger partial charge >= 0.3 is 0 Å². The summed E-state index contributed by atoms with van der Waals surface area (Å²) in [6.07, 6.45) is 2.24. The second-order valence-electron chi connectivity index (χ2n) is 5.14. The Balaban J connectivity index is 1.80. The molecule has 7 heteroatoms. The lowest BCUT2D eigenvalue weighted by atomic mass is 10.1. The zero-order valence-corrected chi connectivity index (χ0v) is 11.4. The van der Waals surface area contributed by atoms with Gasteiger partial charge in [0.1, 0.15) is 0 Å². The first-order valence-corrected chi connectivity index (χ1v) is 6.67. The summed E-state index contributed by atoms with van der Waals surface area (Å²) < 4.78 is 0. The topological polar surface area (TPSA) is 101 Å². The Morgan fingerprint density at radius 1 is 1.48 bits per heavy atom. The highest BCUT2D eigenvalue weighted by Crippen LogP contribution is 2.39. The third kappa shape index (κ3) is 2.62. The van der Waals surface area contributed by atoms with Crippen molar-refractivity contribution in [3.05, 3.63) is 51.3 Å². The number of hydrogen-bond acceptors (Lipinski definition) is 4. The zero-order chi connectivity index (χ0) is 15.0. The molecule has 21 heavy (non-hydrogen) atoms. The Bertz CT molecular complexity index is 719. The van der Waals surface area contributed by atoms with Crippen molar-refractivity contribution >= 4 is 17.3 Å². The van der Waals surface area contributed by atoms with Gasteiger partial charge in [0.05, 0.1) is 16.2 Å². The van der Waals surface area contributed by atoms with Gasteiger partial charge in [-0.05, 0) is 31.9 Å². The van der Waals surface area contributed by atoms with Gasteiger partial charge in [-0.15, -0.1) is 0 Å². The van der Waals surface area contributed by atoms with E-state index in [0.29, 0.717) is 22.9 Å². The van der Waals surface area contributed by atoms with E-state index in [0.717, 1.165) is 18.5 Å². The summed E-state index contributed by atoms with van der Waals surface area (Å²) in [5.41, 5.74) is 2.09. The number of aromatic nitrogens is 2. The molecule has 0 saturated heterocycles. The van der Waals surface area contributed by atoms with Crippen molar-refractivity contribution in [2.75, 3.05) is 5.32 Å². The summed E-state index contributed by atoms with van der Waals surface area (Å²) in [5, 5.41) is 20.4. The van der Waals surface area contributed by atoms with E-state index in [1.165, 1.54) is 6.07 Å². The fourth-order valence-corrected chi connectivity index (χ4v) is 2.20. The highest BCUT2D eigenvalue weighted by Gasteiger charge is 2.26. The van der Waals surface area contributed by atoms with Gasteiger partial charge < -0.3 is 5.32 Å². The van der Waals surface area contributed by atoms with Crippen LogP contribution in [0.4, 0.5) is 11.4 Å². The Kier molecular flexibility index (Phi) is 3.17. The molecule has 0 unspecified atom stereocenters. The van der Waals surface area contributed by atoms with E-state index in [1.54, 1.807) is 25.1 Å². The lowest BCUT2D eigenvalue weighted by Gasteiger charge is -2.06. The molecule has 3 rings (SSSR count). The summed E-state index contributed by atoms with van der Waals surface area (Å²) in [5.74, 6) is 0.111. The molecule has 1 fully saturated rings. The Labute approximate surface area is 120 Å². The number of rotatable bonds is 4. The molecule has 0 spiro atoms. The van der Waals surface area contributed by atoms with Crippen LogP contribution >= 0.6 is 0 Å². The number of carbonyl (C=O) groups is 1. The maximum atomic E-state index is 12.1. The summed E-state index contributed by atoms with van der Waals surface area (Å²) in [6, 6.07) is 6.32. The number of nitrogens with zero attached hydrogens (tertiary/aromatic N) is 2. The fourth-order valence-electron chi connectivity index (χ4n) is 2.20. The smallest absolute Gasteiger partial charge is 0.276 e. The predicted molar refractivity (Wildman–Crippen MR) is 76.3 cm³/mol. The summed E-state index contributed by atoms with van der Waals surface area (Å²) >= 11 is 0. The highest BCUT2D eigenvalue weighted by molar-refractivity contribution is 6.03. The van der Waals surface area contributed by atoms with Crippen LogP contribution in [0.15, 0.2) is 24.3 Å². The third-order valence-electron chi connectivity index (χ3n) is 3.60. The minimum Gasteiger partial charge on any atom is -0.320 e. The number of hydrogen-bond donors (Lipinski definition) is 2. The number of H-pyrrole nitrogens is 1. The predicted octanol–water partition coefficient (Wildman–Crippen LogP) is 2.76. The minimum atomic E-state index is -0.468. The molecule has 0 atom stereocenters.